The molecule has 4 atom stereocenters. The van der Waals surface area contributed by atoms with E-state index in [0.717, 1.165) is 24.7 Å². The molecule has 138 valence electrons. The summed E-state index contributed by atoms with van der Waals surface area (Å²) in [5.74, 6) is 0.961. The first kappa shape index (κ1) is 16.7. The van der Waals surface area contributed by atoms with Crippen molar-refractivity contribution in [3.8, 4) is 0 Å². The van der Waals surface area contributed by atoms with Gasteiger partial charge < -0.3 is 10.2 Å². The molecule has 2 saturated heterocycles. The minimum Gasteiger partial charge on any atom is -0.353 e. The summed E-state index contributed by atoms with van der Waals surface area (Å²) < 4.78 is 14.0. The van der Waals surface area contributed by atoms with Crippen LogP contribution >= 0.6 is 11.6 Å². The molecule has 4 aliphatic rings. The van der Waals surface area contributed by atoms with Crippen molar-refractivity contribution in [2.24, 2.45) is 17.3 Å². The first-order valence-corrected chi connectivity index (χ1v) is 9.45. The maximum atomic E-state index is 14.0. The predicted molar refractivity (Wildman–Crippen MR) is 101 cm³/mol. The molecular formula is C20H18ClFN4O. The molecule has 2 aliphatic carbocycles. The number of halogens is 2. The number of carbonyl (C=O) groups is 1. The maximum Gasteiger partial charge on any atom is 0.243 e. The van der Waals surface area contributed by atoms with Crippen molar-refractivity contribution in [3.05, 3.63) is 59.3 Å². The summed E-state index contributed by atoms with van der Waals surface area (Å²) in [5.41, 5.74) is 1.22. The lowest BCUT2D eigenvalue weighted by atomic mass is 10.0. The van der Waals surface area contributed by atoms with Crippen molar-refractivity contribution in [2.45, 2.75) is 12.5 Å². The number of nitrogens with zero attached hydrogens (tertiary/aromatic N) is 3. The van der Waals surface area contributed by atoms with Gasteiger partial charge in [0.25, 0.3) is 0 Å². The second-order valence-corrected chi connectivity index (χ2v) is 7.78. The van der Waals surface area contributed by atoms with E-state index in [0.29, 0.717) is 30.2 Å². The van der Waals surface area contributed by atoms with Crippen LogP contribution in [-0.4, -0.2) is 35.0 Å². The molecule has 3 heterocycles. The topological polar surface area (TPSA) is 58.1 Å². The van der Waals surface area contributed by atoms with Crippen molar-refractivity contribution < 1.29 is 9.18 Å². The molecule has 0 spiro atoms. The van der Waals surface area contributed by atoms with Gasteiger partial charge in [-0.15, -0.1) is 0 Å². The van der Waals surface area contributed by atoms with Gasteiger partial charge in [0.05, 0.1) is 6.20 Å². The van der Waals surface area contributed by atoms with E-state index in [9.17, 15) is 9.18 Å². The van der Waals surface area contributed by atoms with Gasteiger partial charge in [0.15, 0.2) is 11.6 Å². The fourth-order valence-corrected chi connectivity index (χ4v) is 5.04. The highest BCUT2D eigenvalue weighted by molar-refractivity contribution is 6.28. The molecule has 4 fully saturated rings. The molecule has 6 rings (SSSR count). The van der Waals surface area contributed by atoms with Crippen LogP contribution in [0.2, 0.25) is 5.28 Å². The minimum absolute atomic E-state index is 0.0667. The molecule has 1 amide bonds. The van der Waals surface area contributed by atoms with E-state index in [4.69, 9.17) is 11.6 Å². The van der Waals surface area contributed by atoms with Crippen LogP contribution in [0.25, 0.3) is 6.08 Å². The predicted octanol–water partition coefficient (Wildman–Crippen LogP) is 2.92. The van der Waals surface area contributed by atoms with Gasteiger partial charge in [0.1, 0.15) is 0 Å². The highest BCUT2D eigenvalue weighted by Gasteiger charge is 2.91. The van der Waals surface area contributed by atoms with Crippen molar-refractivity contribution in [1.29, 1.82) is 0 Å². The van der Waals surface area contributed by atoms with Crippen LogP contribution in [0, 0.1) is 23.1 Å². The fourth-order valence-electron chi connectivity index (χ4n) is 4.91. The van der Waals surface area contributed by atoms with Crippen molar-refractivity contribution in [3.63, 3.8) is 0 Å². The smallest absolute Gasteiger partial charge is 0.243 e. The number of nitrogens with one attached hydrogen (secondary N) is 1. The number of aromatic nitrogens is 2. The number of rotatable bonds is 6. The maximum absolute atomic E-state index is 14.0. The normalized spacial score (nSPS) is 29.7. The number of fused-ring (bicyclic) bond motifs is 1. The molecule has 27 heavy (non-hydrogen) atoms. The standard InChI is InChI=1S/C20H18ClFN4O/c21-19-24-10-14(22)18(25-19)26-11-13-16-17(26)20(13,16)8-9-23-15(27)7-6-12-4-2-1-3-5-12/h1-7,10,13,16-17H,8-9,11H2,(H,23,27)/b7-6+/t13-,16-,17?,20?/m1/s1. The lowest BCUT2D eigenvalue weighted by molar-refractivity contribution is -0.116. The Morgan fingerprint density at radius 3 is 3.00 bits per heavy atom. The summed E-state index contributed by atoms with van der Waals surface area (Å²) in [4.78, 5) is 21.8. The van der Waals surface area contributed by atoms with E-state index in [1.54, 1.807) is 12.2 Å². The zero-order chi connectivity index (χ0) is 18.6. The molecule has 2 saturated carbocycles. The fraction of sp³-hybridized carbons (Fsp3) is 0.350. The highest BCUT2D eigenvalue weighted by Crippen LogP contribution is 2.87. The minimum atomic E-state index is -0.430. The average Bonchev–Trinajstić information content (AvgIpc) is 3.37. The Kier molecular flexibility index (Phi) is 3.72. The van der Waals surface area contributed by atoms with Gasteiger partial charge in [-0.1, -0.05) is 30.3 Å². The molecule has 5 nitrogen and oxygen atoms in total. The van der Waals surface area contributed by atoms with Crippen LogP contribution in [-0.2, 0) is 4.79 Å². The van der Waals surface area contributed by atoms with Gasteiger partial charge in [-0.2, -0.15) is 4.98 Å². The molecule has 2 bridgehead atoms. The molecule has 7 heteroatoms. The van der Waals surface area contributed by atoms with Gasteiger partial charge >= 0.3 is 0 Å². The molecule has 2 aromatic rings. The van der Waals surface area contributed by atoms with E-state index in [1.807, 2.05) is 35.2 Å². The Hall–Kier alpha value is -2.47. The Morgan fingerprint density at radius 2 is 2.22 bits per heavy atom. The van der Waals surface area contributed by atoms with Gasteiger partial charge in [-0.3, -0.25) is 4.79 Å². The summed E-state index contributed by atoms with van der Waals surface area (Å²) in [7, 11) is 0. The molecule has 2 unspecified atom stereocenters. The zero-order valence-corrected chi connectivity index (χ0v) is 15.2. The van der Waals surface area contributed by atoms with E-state index < -0.39 is 5.82 Å². The number of anilines is 1. The van der Waals surface area contributed by atoms with E-state index in [2.05, 4.69) is 15.3 Å². The van der Waals surface area contributed by atoms with Gasteiger partial charge in [0.2, 0.25) is 11.2 Å². The second kappa shape index (κ2) is 6.02. The monoisotopic (exact) mass is 384 g/mol. The number of piperidine rings is 1. The molecule has 1 aromatic heterocycles. The number of hydrogen-bond donors (Lipinski definition) is 1. The largest absolute Gasteiger partial charge is 0.353 e. The lowest BCUT2D eigenvalue weighted by Crippen LogP contribution is -2.27. The van der Waals surface area contributed by atoms with Gasteiger partial charge in [-0.25, -0.2) is 9.37 Å². The van der Waals surface area contributed by atoms with E-state index >= 15 is 0 Å². The summed E-state index contributed by atoms with van der Waals surface area (Å²) in [6.07, 6.45) is 5.40. The van der Waals surface area contributed by atoms with Crippen molar-refractivity contribution >= 4 is 29.4 Å². The molecular weight excluding hydrogens is 367 g/mol. The summed E-state index contributed by atoms with van der Waals surface area (Å²) >= 11 is 5.82. The summed E-state index contributed by atoms with van der Waals surface area (Å²) in [6.45, 7) is 1.43. The number of amides is 1. The van der Waals surface area contributed by atoms with Crippen molar-refractivity contribution in [2.75, 3.05) is 18.0 Å². The molecule has 0 radical (unpaired) electrons. The molecule has 2 aliphatic heterocycles. The third kappa shape index (κ3) is 2.62. The second-order valence-electron chi connectivity index (χ2n) is 7.44. The first-order chi connectivity index (χ1) is 13.1. The third-order valence-electron chi connectivity index (χ3n) is 6.20. The van der Waals surface area contributed by atoms with Crippen LogP contribution in [0.15, 0.2) is 42.6 Å². The van der Waals surface area contributed by atoms with Crippen LogP contribution in [0.3, 0.4) is 0 Å². The zero-order valence-electron chi connectivity index (χ0n) is 14.5. The van der Waals surface area contributed by atoms with Gasteiger partial charge in [-0.05, 0) is 41.5 Å². The van der Waals surface area contributed by atoms with Crippen molar-refractivity contribution in [1.82, 2.24) is 15.3 Å². The molecule has 1 N–H and O–H groups in total. The van der Waals surface area contributed by atoms with Gasteiger partial charge in [0, 0.05) is 30.6 Å². The van der Waals surface area contributed by atoms with Crippen LogP contribution in [0.5, 0.6) is 0 Å². The summed E-state index contributed by atoms with van der Waals surface area (Å²) in [6, 6.07) is 10.0. The van der Waals surface area contributed by atoms with E-state index in [-0.39, 0.29) is 16.6 Å². The quantitative estimate of drug-likeness (QED) is 0.614. The lowest BCUT2D eigenvalue weighted by Gasteiger charge is -2.18. The first-order valence-electron chi connectivity index (χ1n) is 9.07. The van der Waals surface area contributed by atoms with Crippen LogP contribution < -0.4 is 10.2 Å². The van der Waals surface area contributed by atoms with E-state index in [1.165, 1.54) is 0 Å². The Labute approximate surface area is 161 Å². The Bertz CT molecular complexity index is 931. The number of benzene rings is 1. The van der Waals surface area contributed by atoms with Crippen LogP contribution in [0.4, 0.5) is 10.2 Å². The molecule has 1 aromatic carbocycles. The number of hydrogen-bond acceptors (Lipinski definition) is 4. The SMILES string of the molecule is O=C(/C=C/c1ccccc1)NCCC12C3[C@H]1[C@H]2CN3c1nc(Cl)ncc1F. The Morgan fingerprint density at radius 1 is 1.41 bits per heavy atom. The Balaban J connectivity index is 1.15. The number of carbonyl (C=O) groups excluding carboxylic acids is 1. The van der Waals surface area contributed by atoms with Crippen LogP contribution in [0.1, 0.15) is 12.0 Å². The average molecular weight is 385 g/mol. The highest BCUT2D eigenvalue weighted by atomic mass is 35.5. The third-order valence-corrected chi connectivity index (χ3v) is 6.38. The summed E-state index contributed by atoms with van der Waals surface area (Å²) in [5, 5.41) is 3.02.